The normalized spacial score (nSPS) is 12.3. The van der Waals surface area contributed by atoms with Crippen LogP contribution in [0.15, 0.2) is 0 Å². The predicted molar refractivity (Wildman–Crippen MR) is 144 cm³/mol. The molecule has 0 spiro atoms. The number of carbonyl (C=O) groups excluding carboxylic acids is 2. The van der Waals surface area contributed by atoms with E-state index in [0.717, 1.165) is 38.5 Å². The smallest absolute Gasteiger partial charge is 0.306 e. The van der Waals surface area contributed by atoms with Crippen molar-refractivity contribution in [2.24, 2.45) is 17.8 Å². The summed E-state index contributed by atoms with van der Waals surface area (Å²) in [6.45, 7) is 11.9. The summed E-state index contributed by atoms with van der Waals surface area (Å²) in [4.78, 5) is 23.6. The molecule has 1 unspecified atom stereocenters. The minimum Gasteiger partial charge on any atom is -0.466 e. The van der Waals surface area contributed by atoms with Crippen molar-refractivity contribution in [3.8, 4) is 0 Å². The fraction of sp³-hybridized carbons (Fsp3) is 0.933. The Kier molecular flexibility index (Phi) is 22.9. The van der Waals surface area contributed by atoms with Gasteiger partial charge in [-0.2, -0.15) is 0 Å². The first kappa shape index (κ1) is 32.9. The Bertz CT molecular complexity index is 472. The van der Waals surface area contributed by atoms with Gasteiger partial charge in [0.25, 0.3) is 0 Å². The minimum absolute atomic E-state index is 0.00731. The summed E-state index contributed by atoms with van der Waals surface area (Å²) in [6.07, 6.45) is 20.5. The van der Waals surface area contributed by atoms with Crippen molar-refractivity contribution in [2.45, 2.75) is 150 Å². The zero-order valence-electron chi connectivity index (χ0n) is 23.5. The maximum atomic E-state index is 12.0. The molecular formula is C30H58O4. The summed E-state index contributed by atoms with van der Waals surface area (Å²) in [5, 5.41) is 0. The molecule has 0 rings (SSSR count). The van der Waals surface area contributed by atoms with Gasteiger partial charge in [0.2, 0.25) is 0 Å². The van der Waals surface area contributed by atoms with Crippen LogP contribution in [-0.4, -0.2) is 25.2 Å². The van der Waals surface area contributed by atoms with Gasteiger partial charge in [-0.1, -0.05) is 112 Å². The Labute approximate surface area is 212 Å². The van der Waals surface area contributed by atoms with Gasteiger partial charge >= 0.3 is 11.9 Å². The molecule has 0 aromatic heterocycles. The zero-order valence-corrected chi connectivity index (χ0v) is 23.5. The standard InChI is InChI=1S/C30H58O4/c1-6-28(25-30(32)34-24-22-27(4)5)19-17-15-13-11-9-7-8-10-12-14-16-18-20-29(31)33-23-21-26(2)3/h26-28H,6-25H2,1-5H3. The molecule has 0 saturated carbocycles. The Morgan fingerprint density at radius 2 is 0.971 bits per heavy atom. The number of hydrogen-bond acceptors (Lipinski definition) is 4. The van der Waals surface area contributed by atoms with Gasteiger partial charge < -0.3 is 9.47 Å². The molecule has 0 heterocycles. The monoisotopic (exact) mass is 482 g/mol. The van der Waals surface area contributed by atoms with Crippen molar-refractivity contribution < 1.29 is 19.1 Å². The molecule has 0 saturated heterocycles. The van der Waals surface area contributed by atoms with E-state index < -0.39 is 0 Å². The van der Waals surface area contributed by atoms with Gasteiger partial charge in [0.1, 0.15) is 0 Å². The van der Waals surface area contributed by atoms with Crippen molar-refractivity contribution in [3.63, 3.8) is 0 Å². The van der Waals surface area contributed by atoms with Crippen molar-refractivity contribution in [2.75, 3.05) is 13.2 Å². The lowest BCUT2D eigenvalue weighted by Gasteiger charge is -2.14. The molecule has 0 aliphatic carbocycles. The van der Waals surface area contributed by atoms with E-state index in [9.17, 15) is 9.59 Å². The number of hydrogen-bond donors (Lipinski definition) is 0. The molecule has 0 fully saturated rings. The molecule has 0 aromatic rings. The molecule has 0 aromatic carbocycles. The number of unbranched alkanes of at least 4 members (excludes halogenated alkanes) is 11. The molecule has 0 N–H and O–H groups in total. The average Bonchev–Trinajstić information content (AvgIpc) is 2.77. The molecule has 0 bridgehead atoms. The number of carbonyl (C=O) groups is 2. The fourth-order valence-corrected chi connectivity index (χ4v) is 4.10. The first-order chi connectivity index (χ1) is 16.3. The van der Waals surface area contributed by atoms with E-state index in [1.54, 1.807) is 0 Å². The summed E-state index contributed by atoms with van der Waals surface area (Å²) >= 11 is 0. The summed E-state index contributed by atoms with van der Waals surface area (Å²) < 4.78 is 10.6. The SMILES string of the molecule is CCC(CCCCCCCCCCCCCCC(=O)OCCC(C)C)CC(=O)OCCC(C)C. The molecule has 34 heavy (non-hydrogen) atoms. The first-order valence-electron chi connectivity index (χ1n) is 14.7. The van der Waals surface area contributed by atoms with E-state index >= 15 is 0 Å². The molecule has 1 atom stereocenters. The highest BCUT2D eigenvalue weighted by Gasteiger charge is 2.13. The predicted octanol–water partition coefficient (Wildman–Crippen LogP) is 9.04. The Morgan fingerprint density at radius 1 is 0.559 bits per heavy atom. The van der Waals surface area contributed by atoms with Crippen molar-refractivity contribution in [3.05, 3.63) is 0 Å². The van der Waals surface area contributed by atoms with Gasteiger partial charge in [-0.15, -0.1) is 0 Å². The van der Waals surface area contributed by atoms with Crippen molar-refractivity contribution in [1.82, 2.24) is 0 Å². The molecule has 4 nitrogen and oxygen atoms in total. The number of rotatable bonds is 24. The average molecular weight is 483 g/mol. The highest BCUT2D eigenvalue weighted by molar-refractivity contribution is 5.69. The lowest BCUT2D eigenvalue weighted by Crippen LogP contribution is -2.13. The summed E-state index contributed by atoms with van der Waals surface area (Å²) in [6, 6.07) is 0. The number of ether oxygens (including phenoxy) is 2. The van der Waals surface area contributed by atoms with Crippen LogP contribution in [0.5, 0.6) is 0 Å². The van der Waals surface area contributed by atoms with Crippen LogP contribution >= 0.6 is 0 Å². The third kappa shape index (κ3) is 24.1. The second-order valence-electron chi connectivity index (χ2n) is 11.1. The lowest BCUT2D eigenvalue weighted by molar-refractivity contribution is -0.145. The highest BCUT2D eigenvalue weighted by atomic mass is 16.5. The van der Waals surface area contributed by atoms with Gasteiger partial charge in [-0.3, -0.25) is 9.59 Å². The topological polar surface area (TPSA) is 52.6 Å². The summed E-state index contributed by atoms with van der Waals surface area (Å²) in [5.41, 5.74) is 0. The largest absolute Gasteiger partial charge is 0.466 e. The molecule has 0 aliphatic rings. The van der Waals surface area contributed by atoms with Crippen LogP contribution in [-0.2, 0) is 19.1 Å². The van der Waals surface area contributed by atoms with Crippen LogP contribution in [0.4, 0.5) is 0 Å². The summed E-state index contributed by atoms with van der Waals surface area (Å²) in [5.74, 6) is 1.64. The van der Waals surface area contributed by atoms with E-state index in [0.29, 0.717) is 43.8 Å². The van der Waals surface area contributed by atoms with E-state index in [1.807, 2.05) is 0 Å². The molecule has 0 radical (unpaired) electrons. The van der Waals surface area contributed by atoms with E-state index in [-0.39, 0.29) is 11.9 Å². The molecular weight excluding hydrogens is 424 g/mol. The van der Waals surface area contributed by atoms with E-state index in [1.165, 1.54) is 64.2 Å². The molecule has 0 amide bonds. The van der Waals surface area contributed by atoms with E-state index in [4.69, 9.17) is 9.47 Å². The van der Waals surface area contributed by atoms with Gasteiger partial charge in [-0.25, -0.2) is 0 Å². The molecule has 202 valence electrons. The molecule has 0 aliphatic heterocycles. The second kappa shape index (κ2) is 23.7. The minimum atomic E-state index is -0.0227. The Morgan fingerprint density at radius 3 is 1.41 bits per heavy atom. The number of esters is 2. The fourth-order valence-electron chi connectivity index (χ4n) is 4.10. The van der Waals surface area contributed by atoms with Gasteiger partial charge in [0, 0.05) is 12.8 Å². The van der Waals surface area contributed by atoms with Gasteiger partial charge in [-0.05, 0) is 43.4 Å². The third-order valence-corrected chi connectivity index (χ3v) is 6.69. The Balaban J connectivity index is 3.40. The lowest BCUT2D eigenvalue weighted by atomic mass is 9.95. The summed E-state index contributed by atoms with van der Waals surface area (Å²) in [7, 11) is 0. The van der Waals surface area contributed by atoms with Crippen LogP contribution in [0.3, 0.4) is 0 Å². The first-order valence-corrected chi connectivity index (χ1v) is 14.7. The van der Waals surface area contributed by atoms with Crippen LogP contribution in [0.2, 0.25) is 0 Å². The highest BCUT2D eigenvalue weighted by Crippen LogP contribution is 2.19. The van der Waals surface area contributed by atoms with E-state index in [2.05, 4.69) is 34.6 Å². The Hall–Kier alpha value is -1.06. The maximum absolute atomic E-state index is 12.0. The third-order valence-electron chi connectivity index (χ3n) is 6.69. The van der Waals surface area contributed by atoms with Gasteiger partial charge in [0.05, 0.1) is 13.2 Å². The molecule has 4 heteroatoms. The zero-order chi connectivity index (χ0) is 25.4. The van der Waals surface area contributed by atoms with Crippen LogP contribution in [0.1, 0.15) is 150 Å². The quantitative estimate of drug-likeness (QED) is 0.102. The second-order valence-corrected chi connectivity index (χ2v) is 11.1. The van der Waals surface area contributed by atoms with Crippen LogP contribution in [0.25, 0.3) is 0 Å². The van der Waals surface area contributed by atoms with Gasteiger partial charge in [0.15, 0.2) is 0 Å². The van der Waals surface area contributed by atoms with Crippen molar-refractivity contribution >= 4 is 11.9 Å². The van der Waals surface area contributed by atoms with Crippen molar-refractivity contribution in [1.29, 1.82) is 0 Å². The maximum Gasteiger partial charge on any atom is 0.306 e. The van der Waals surface area contributed by atoms with Crippen LogP contribution in [0, 0.1) is 17.8 Å². The van der Waals surface area contributed by atoms with Crippen LogP contribution < -0.4 is 0 Å².